The lowest BCUT2D eigenvalue weighted by Gasteiger charge is -2.04. The Morgan fingerprint density at radius 2 is 2.22 bits per heavy atom. The van der Waals surface area contributed by atoms with Crippen molar-refractivity contribution in [2.75, 3.05) is 6.61 Å². The van der Waals surface area contributed by atoms with Crippen molar-refractivity contribution < 1.29 is 15.3 Å². The SMILES string of the molecule is CCC(O)CCCOO. The van der Waals surface area contributed by atoms with Crippen molar-refractivity contribution in [3.05, 3.63) is 0 Å². The molecule has 1 unspecified atom stereocenters. The zero-order chi connectivity index (χ0) is 7.11. The van der Waals surface area contributed by atoms with Crippen molar-refractivity contribution in [2.24, 2.45) is 0 Å². The molecule has 0 aliphatic rings. The van der Waals surface area contributed by atoms with Gasteiger partial charge in [-0.05, 0) is 19.3 Å². The van der Waals surface area contributed by atoms with Gasteiger partial charge in [0.25, 0.3) is 0 Å². The van der Waals surface area contributed by atoms with Crippen molar-refractivity contribution in [1.29, 1.82) is 0 Å². The van der Waals surface area contributed by atoms with Gasteiger partial charge in [0, 0.05) is 0 Å². The molecule has 0 fully saturated rings. The van der Waals surface area contributed by atoms with Crippen molar-refractivity contribution >= 4 is 0 Å². The molecule has 1 atom stereocenters. The first-order valence-corrected chi connectivity index (χ1v) is 3.25. The summed E-state index contributed by atoms with van der Waals surface area (Å²) in [5.74, 6) is 0. The molecule has 0 aromatic carbocycles. The van der Waals surface area contributed by atoms with E-state index in [2.05, 4.69) is 4.89 Å². The highest BCUT2D eigenvalue weighted by molar-refractivity contribution is 4.50. The van der Waals surface area contributed by atoms with Gasteiger partial charge in [-0.25, -0.2) is 4.89 Å². The van der Waals surface area contributed by atoms with Crippen LogP contribution < -0.4 is 0 Å². The third-order valence-electron chi connectivity index (χ3n) is 1.24. The van der Waals surface area contributed by atoms with E-state index in [9.17, 15) is 0 Å². The molecule has 9 heavy (non-hydrogen) atoms. The predicted molar refractivity (Wildman–Crippen MR) is 34.1 cm³/mol. The van der Waals surface area contributed by atoms with Gasteiger partial charge < -0.3 is 5.11 Å². The van der Waals surface area contributed by atoms with Crippen molar-refractivity contribution in [3.63, 3.8) is 0 Å². The van der Waals surface area contributed by atoms with E-state index in [1.54, 1.807) is 0 Å². The molecule has 3 nitrogen and oxygen atoms in total. The predicted octanol–water partition coefficient (Wildman–Crippen LogP) is 1.03. The number of aliphatic hydroxyl groups excluding tert-OH is 1. The van der Waals surface area contributed by atoms with E-state index >= 15 is 0 Å². The number of rotatable bonds is 5. The molecule has 3 heteroatoms. The lowest BCUT2D eigenvalue weighted by molar-refractivity contribution is -0.243. The summed E-state index contributed by atoms with van der Waals surface area (Å²) in [6.07, 6.45) is 1.95. The largest absolute Gasteiger partial charge is 0.393 e. The first-order chi connectivity index (χ1) is 4.31. The van der Waals surface area contributed by atoms with Crippen LogP contribution in [-0.2, 0) is 4.89 Å². The van der Waals surface area contributed by atoms with Crippen LogP contribution >= 0.6 is 0 Å². The third kappa shape index (κ3) is 5.76. The minimum atomic E-state index is -0.236. The van der Waals surface area contributed by atoms with Crippen LogP contribution in [0.2, 0.25) is 0 Å². The molecule has 0 bridgehead atoms. The van der Waals surface area contributed by atoms with Crippen LogP contribution in [-0.4, -0.2) is 23.1 Å². The third-order valence-corrected chi connectivity index (χ3v) is 1.24. The van der Waals surface area contributed by atoms with Crippen molar-refractivity contribution in [1.82, 2.24) is 0 Å². The second kappa shape index (κ2) is 6.01. The van der Waals surface area contributed by atoms with Crippen LogP contribution in [0.3, 0.4) is 0 Å². The smallest absolute Gasteiger partial charge is 0.0820 e. The van der Waals surface area contributed by atoms with E-state index in [0.29, 0.717) is 19.4 Å². The van der Waals surface area contributed by atoms with Gasteiger partial charge in [-0.3, -0.25) is 5.26 Å². The summed E-state index contributed by atoms with van der Waals surface area (Å²) >= 11 is 0. The normalized spacial score (nSPS) is 13.7. The van der Waals surface area contributed by atoms with Crippen LogP contribution in [0.15, 0.2) is 0 Å². The number of aliphatic hydroxyl groups is 1. The zero-order valence-corrected chi connectivity index (χ0v) is 5.71. The summed E-state index contributed by atoms with van der Waals surface area (Å²) in [5, 5.41) is 16.8. The minimum absolute atomic E-state index is 0.236. The average molecular weight is 134 g/mol. The fourth-order valence-electron chi connectivity index (χ4n) is 0.588. The van der Waals surface area contributed by atoms with E-state index < -0.39 is 0 Å². The Morgan fingerprint density at radius 3 is 2.67 bits per heavy atom. The first-order valence-electron chi connectivity index (χ1n) is 3.25. The van der Waals surface area contributed by atoms with E-state index in [4.69, 9.17) is 10.4 Å². The molecule has 0 radical (unpaired) electrons. The molecule has 0 rings (SSSR count). The maximum absolute atomic E-state index is 8.95. The molecule has 0 heterocycles. The Labute approximate surface area is 55.2 Å². The second-order valence-corrected chi connectivity index (χ2v) is 2.04. The second-order valence-electron chi connectivity index (χ2n) is 2.04. The van der Waals surface area contributed by atoms with Crippen LogP contribution in [0.4, 0.5) is 0 Å². The van der Waals surface area contributed by atoms with Gasteiger partial charge in [0.05, 0.1) is 12.7 Å². The minimum Gasteiger partial charge on any atom is -0.393 e. The number of hydrogen-bond donors (Lipinski definition) is 2. The quantitative estimate of drug-likeness (QED) is 0.335. The Bertz CT molecular complexity index is 56.3. The summed E-state index contributed by atoms with van der Waals surface area (Å²) < 4.78 is 0. The summed E-state index contributed by atoms with van der Waals surface area (Å²) in [5.41, 5.74) is 0. The molecular formula is C6H14O3. The standard InChI is InChI=1S/C6H14O3/c1-2-6(7)4-3-5-9-8/h6-8H,2-5H2,1H3. The van der Waals surface area contributed by atoms with Gasteiger partial charge in [0.2, 0.25) is 0 Å². The van der Waals surface area contributed by atoms with Crippen LogP contribution in [0.5, 0.6) is 0 Å². The highest BCUT2D eigenvalue weighted by Crippen LogP contribution is 1.99. The van der Waals surface area contributed by atoms with Crippen LogP contribution in [0.1, 0.15) is 26.2 Å². The fraction of sp³-hybridized carbons (Fsp3) is 1.00. The average Bonchev–Trinajstić information content (AvgIpc) is 1.89. The molecule has 56 valence electrons. The van der Waals surface area contributed by atoms with Gasteiger partial charge >= 0.3 is 0 Å². The van der Waals surface area contributed by atoms with Gasteiger partial charge in [-0.2, -0.15) is 0 Å². The molecule has 2 N–H and O–H groups in total. The molecule has 0 spiro atoms. The van der Waals surface area contributed by atoms with E-state index in [0.717, 1.165) is 6.42 Å². The summed E-state index contributed by atoms with van der Waals surface area (Å²) in [6, 6.07) is 0. The maximum atomic E-state index is 8.95. The van der Waals surface area contributed by atoms with Crippen LogP contribution in [0.25, 0.3) is 0 Å². The lowest BCUT2D eigenvalue weighted by atomic mass is 10.2. The van der Waals surface area contributed by atoms with Crippen molar-refractivity contribution in [3.8, 4) is 0 Å². The monoisotopic (exact) mass is 134 g/mol. The Morgan fingerprint density at radius 1 is 1.56 bits per heavy atom. The Balaban J connectivity index is 2.88. The summed E-state index contributed by atoms with van der Waals surface area (Å²) in [7, 11) is 0. The molecule has 0 saturated carbocycles. The van der Waals surface area contributed by atoms with Gasteiger partial charge in [0.15, 0.2) is 0 Å². The Kier molecular flexibility index (Phi) is 5.93. The topological polar surface area (TPSA) is 49.7 Å². The van der Waals surface area contributed by atoms with Crippen LogP contribution in [0, 0.1) is 0 Å². The van der Waals surface area contributed by atoms with E-state index in [1.165, 1.54) is 0 Å². The van der Waals surface area contributed by atoms with Gasteiger partial charge in [-0.15, -0.1) is 0 Å². The fourth-order valence-corrected chi connectivity index (χ4v) is 0.588. The molecule has 0 aliphatic heterocycles. The van der Waals surface area contributed by atoms with Crippen molar-refractivity contribution in [2.45, 2.75) is 32.3 Å². The molecular weight excluding hydrogens is 120 g/mol. The first kappa shape index (κ1) is 8.88. The summed E-state index contributed by atoms with van der Waals surface area (Å²) in [6.45, 7) is 2.24. The van der Waals surface area contributed by atoms with E-state index in [1.807, 2.05) is 6.92 Å². The van der Waals surface area contributed by atoms with E-state index in [-0.39, 0.29) is 6.10 Å². The molecule has 0 amide bonds. The highest BCUT2D eigenvalue weighted by atomic mass is 17.1. The highest BCUT2D eigenvalue weighted by Gasteiger charge is 1.98. The molecule has 0 aromatic heterocycles. The number of hydrogen-bond acceptors (Lipinski definition) is 3. The summed E-state index contributed by atoms with van der Waals surface area (Å²) in [4.78, 5) is 3.83. The van der Waals surface area contributed by atoms with Gasteiger partial charge in [-0.1, -0.05) is 6.92 Å². The molecule has 0 aliphatic carbocycles. The lowest BCUT2D eigenvalue weighted by Crippen LogP contribution is -2.05. The van der Waals surface area contributed by atoms with Gasteiger partial charge in [0.1, 0.15) is 0 Å². The zero-order valence-electron chi connectivity index (χ0n) is 5.71. The molecule has 0 aromatic rings. The Hall–Kier alpha value is -0.120. The maximum Gasteiger partial charge on any atom is 0.0820 e. The molecule has 0 saturated heterocycles.